The van der Waals surface area contributed by atoms with Crippen LogP contribution in [0.4, 0.5) is 5.69 Å². The fraction of sp³-hybridized carbons (Fsp3) is 0.235. The van der Waals surface area contributed by atoms with Gasteiger partial charge in [-0.05, 0) is 24.3 Å². The summed E-state index contributed by atoms with van der Waals surface area (Å²) in [5, 5.41) is 8.85. The molecule has 4 heteroatoms. The van der Waals surface area contributed by atoms with E-state index < -0.39 is 5.97 Å². The number of anilines is 1. The molecule has 0 aliphatic rings. The number of aliphatic carboxylic acids is 1. The van der Waals surface area contributed by atoms with Gasteiger partial charge in [0.15, 0.2) is 0 Å². The smallest absolute Gasteiger partial charge is 0.305 e. The first-order valence-corrected chi connectivity index (χ1v) is 6.95. The van der Waals surface area contributed by atoms with Gasteiger partial charge in [0.25, 0.3) is 0 Å². The SMILES string of the molecule is O=C(O)CCN(CCOc1ccccc1)c1ccccc1. The van der Waals surface area contributed by atoms with Crippen molar-refractivity contribution in [1.29, 1.82) is 0 Å². The summed E-state index contributed by atoms with van der Waals surface area (Å²) in [4.78, 5) is 12.8. The molecule has 0 heterocycles. The first-order valence-electron chi connectivity index (χ1n) is 6.95. The number of benzene rings is 2. The Morgan fingerprint density at radius 1 is 0.952 bits per heavy atom. The van der Waals surface area contributed by atoms with Crippen molar-refractivity contribution < 1.29 is 14.6 Å². The number of para-hydroxylation sites is 2. The van der Waals surface area contributed by atoms with E-state index in [1.165, 1.54) is 0 Å². The number of carboxylic acid groups (broad SMARTS) is 1. The van der Waals surface area contributed by atoms with Gasteiger partial charge >= 0.3 is 5.97 Å². The molecule has 4 nitrogen and oxygen atoms in total. The number of hydrogen-bond donors (Lipinski definition) is 1. The van der Waals surface area contributed by atoms with Crippen molar-refractivity contribution in [1.82, 2.24) is 0 Å². The summed E-state index contributed by atoms with van der Waals surface area (Å²) in [6.07, 6.45) is 0.111. The highest BCUT2D eigenvalue weighted by atomic mass is 16.5. The molecular weight excluding hydrogens is 266 g/mol. The number of carboxylic acids is 1. The highest BCUT2D eigenvalue weighted by Crippen LogP contribution is 2.14. The van der Waals surface area contributed by atoms with Gasteiger partial charge in [-0.3, -0.25) is 4.79 Å². The average molecular weight is 285 g/mol. The third-order valence-corrected chi connectivity index (χ3v) is 3.09. The summed E-state index contributed by atoms with van der Waals surface area (Å²) in [6, 6.07) is 19.4. The largest absolute Gasteiger partial charge is 0.492 e. The first-order chi connectivity index (χ1) is 10.3. The van der Waals surface area contributed by atoms with Crippen LogP contribution in [0.2, 0.25) is 0 Å². The molecule has 0 amide bonds. The summed E-state index contributed by atoms with van der Waals surface area (Å²) < 4.78 is 5.68. The summed E-state index contributed by atoms with van der Waals surface area (Å²) in [5.41, 5.74) is 1.01. The predicted octanol–water partition coefficient (Wildman–Crippen LogP) is 3.05. The second-order valence-corrected chi connectivity index (χ2v) is 4.63. The Morgan fingerprint density at radius 3 is 2.19 bits per heavy atom. The number of rotatable bonds is 8. The lowest BCUT2D eigenvalue weighted by Gasteiger charge is -2.24. The fourth-order valence-corrected chi connectivity index (χ4v) is 2.03. The van der Waals surface area contributed by atoms with E-state index >= 15 is 0 Å². The Balaban J connectivity index is 1.91. The zero-order valence-electron chi connectivity index (χ0n) is 11.8. The standard InChI is InChI=1S/C17H19NO3/c19-17(20)11-12-18(15-7-3-1-4-8-15)13-14-21-16-9-5-2-6-10-16/h1-10H,11-14H2,(H,19,20). The van der Waals surface area contributed by atoms with Crippen LogP contribution in [-0.4, -0.2) is 30.8 Å². The second kappa shape index (κ2) is 7.94. The third-order valence-electron chi connectivity index (χ3n) is 3.09. The molecule has 1 N–H and O–H groups in total. The monoisotopic (exact) mass is 285 g/mol. The highest BCUT2D eigenvalue weighted by Gasteiger charge is 2.08. The van der Waals surface area contributed by atoms with Crippen molar-refractivity contribution in [2.75, 3.05) is 24.6 Å². The zero-order valence-corrected chi connectivity index (χ0v) is 11.8. The lowest BCUT2D eigenvalue weighted by Crippen LogP contribution is -2.30. The molecule has 0 bridgehead atoms. The molecule has 2 aromatic rings. The number of nitrogens with zero attached hydrogens (tertiary/aromatic N) is 1. The van der Waals surface area contributed by atoms with Gasteiger partial charge in [0, 0.05) is 12.2 Å². The van der Waals surface area contributed by atoms with Gasteiger partial charge in [-0.1, -0.05) is 36.4 Å². The molecule has 21 heavy (non-hydrogen) atoms. The van der Waals surface area contributed by atoms with Crippen molar-refractivity contribution >= 4 is 11.7 Å². The Hall–Kier alpha value is -2.49. The molecule has 2 rings (SSSR count). The minimum atomic E-state index is -0.792. The predicted molar refractivity (Wildman–Crippen MR) is 82.8 cm³/mol. The van der Waals surface area contributed by atoms with Crippen LogP contribution in [-0.2, 0) is 4.79 Å². The molecule has 0 spiro atoms. The number of hydrogen-bond acceptors (Lipinski definition) is 3. The van der Waals surface area contributed by atoms with Gasteiger partial charge in [0.1, 0.15) is 12.4 Å². The van der Waals surface area contributed by atoms with Crippen LogP contribution >= 0.6 is 0 Å². The zero-order chi connectivity index (χ0) is 14.9. The van der Waals surface area contributed by atoms with Gasteiger partial charge in [0.2, 0.25) is 0 Å². The molecule has 0 fully saturated rings. The molecular formula is C17H19NO3. The van der Waals surface area contributed by atoms with Crippen molar-refractivity contribution in [3.05, 3.63) is 60.7 Å². The van der Waals surface area contributed by atoms with Crippen molar-refractivity contribution in [3.63, 3.8) is 0 Å². The molecule has 0 saturated heterocycles. The van der Waals surface area contributed by atoms with E-state index in [1.54, 1.807) is 0 Å². The second-order valence-electron chi connectivity index (χ2n) is 4.63. The molecule has 0 atom stereocenters. The van der Waals surface area contributed by atoms with Crippen LogP contribution in [0.1, 0.15) is 6.42 Å². The van der Waals surface area contributed by atoms with Crippen molar-refractivity contribution in [3.8, 4) is 5.75 Å². The molecule has 0 aromatic heterocycles. The normalized spacial score (nSPS) is 10.1. The van der Waals surface area contributed by atoms with Crippen LogP contribution in [0.25, 0.3) is 0 Å². The van der Waals surface area contributed by atoms with Crippen LogP contribution in [0.5, 0.6) is 5.75 Å². The van der Waals surface area contributed by atoms with E-state index in [9.17, 15) is 4.79 Å². The molecule has 2 aromatic carbocycles. The Labute approximate surface area is 124 Å². The van der Waals surface area contributed by atoms with Gasteiger partial charge in [0.05, 0.1) is 13.0 Å². The Morgan fingerprint density at radius 2 is 1.57 bits per heavy atom. The summed E-state index contributed by atoms with van der Waals surface area (Å²) in [7, 11) is 0. The van der Waals surface area contributed by atoms with E-state index in [0.717, 1.165) is 11.4 Å². The molecule has 0 aliphatic carbocycles. The molecule has 0 aliphatic heterocycles. The summed E-state index contributed by atoms with van der Waals surface area (Å²) in [6.45, 7) is 1.63. The average Bonchev–Trinajstić information content (AvgIpc) is 2.52. The van der Waals surface area contributed by atoms with E-state index in [4.69, 9.17) is 9.84 Å². The maximum Gasteiger partial charge on any atom is 0.305 e. The van der Waals surface area contributed by atoms with Crippen LogP contribution < -0.4 is 9.64 Å². The lowest BCUT2D eigenvalue weighted by atomic mass is 10.2. The van der Waals surface area contributed by atoms with Crippen LogP contribution in [0.3, 0.4) is 0 Å². The Bertz CT molecular complexity index is 542. The minimum absolute atomic E-state index is 0.111. The minimum Gasteiger partial charge on any atom is -0.492 e. The number of ether oxygens (including phenoxy) is 1. The van der Waals surface area contributed by atoms with Crippen LogP contribution in [0, 0.1) is 0 Å². The Kier molecular flexibility index (Phi) is 5.64. The maximum atomic E-state index is 10.8. The summed E-state index contributed by atoms with van der Waals surface area (Å²) in [5.74, 6) is 0.0312. The topological polar surface area (TPSA) is 49.8 Å². The van der Waals surface area contributed by atoms with E-state index in [0.29, 0.717) is 19.7 Å². The van der Waals surface area contributed by atoms with Crippen molar-refractivity contribution in [2.45, 2.75) is 6.42 Å². The third kappa shape index (κ3) is 5.18. The molecule has 0 radical (unpaired) electrons. The van der Waals surface area contributed by atoms with Gasteiger partial charge in [-0.25, -0.2) is 0 Å². The van der Waals surface area contributed by atoms with E-state index in [2.05, 4.69) is 0 Å². The van der Waals surface area contributed by atoms with Crippen LogP contribution in [0.15, 0.2) is 60.7 Å². The molecule has 0 saturated carbocycles. The van der Waals surface area contributed by atoms with Gasteiger partial charge in [-0.15, -0.1) is 0 Å². The van der Waals surface area contributed by atoms with Gasteiger partial charge in [-0.2, -0.15) is 0 Å². The van der Waals surface area contributed by atoms with Gasteiger partial charge < -0.3 is 14.7 Å². The van der Waals surface area contributed by atoms with E-state index in [-0.39, 0.29) is 6.42 Å². The van der Waals surface area contributed by atoms with Crippen molar-refractivity contribution in [2.24, 2.45) is 0 Å². The fourth-order valence-electron chi connectivity index (χ4n) is 2.03. The van der Waals surface area contributed by atoms with E-state index in [1.807, 2.05) is 65.6 Å². The molecule has 110 valence electrons. The lowest BCUT2D eigenvalue weighted by molar-refractivity contribution is -0.136. The summed E-state index contributed by atoms with van der Waals surface area (Å²) >= 11 is 0. The maximum absolute atomic E-state index is 10.8. The first kappa shape index (κ1) is 14.9. The number of carbonyl (C=O) groups is 1. The highest BCUT2D eigenvalue weighted by molar-refractivity contribution is 5.67. The quantitative estimate of drug-likeness (QED) is 0.810. The molecule has 0 unspecified atom stereocenters.